The molecule has 29 heavy (non-hydrogen) atoms. The van der Waals surface area contributed by atoms with Gasteiger partial charge in [0.1, 0.15) is 6.10 Å². The van der Waals surface area contributed by atoms with Crippen molar-refractivity contribution in [3.63, 3.8) is 0 Å². The van der Waals surface area contributed by atoms with Crippen molar-refractivity contribution < 1.29 is 19.7 Å². The topological polar surface area (TPSA) is 75.9 Å². The Bertz CT molecular complexity index is 899. The Morgan fingerprint density at radius 2 is 2.14 bits per heavy atom. The molecule has 156 valence electrons. The van der Waals surface area contributed by atoms with Gasteiger partial charge in [0.05, 0.1) is 17.1 Å². The highest BCUT2D eigenvalue weighted by atomic mass is 16.5. The van der Waals surface area contributed by atoms with Crippen molar-refractivity contribution in [2.45, 2.75) is 74.7 Å². The first-order chi connectivity index (χ1) is 13.9. The molecule has 1 aromatic carbocycles. The van der Waals surface area contributed by atoms with Gasteiger partial charge in [0.25, 0.3) is 5.75 Å². The Balaban J connectivity index is 1.52. The number of rotatable bonds is 3. The first-order valence-corrected chi connectivity index (χ1v) is 11.1. The van der Waals surface area contributed by atoms with E-state index in [-0.39, 0.29) is 24.1 Å². The minimum absolute atomic E-state index is 0.0289. The van der Waals surface area contributed by atoms with E-state index < -0.39 is 11.0 Å². The summed E-state index contributed by atoms with van der Waals surface area (Å²) in [6.07, 6.45) is 5.44. The second-order valence-corrected chi connectivity index (χ2v) is 10.1. The number of benzene rings is 1. The van der Waals surface area contributed by atoms with Gasteiger partial charge in [0, 0.05) is 38.2 Å². The number of carbonyl (C=O) groups excluding carboxylic acids is 1. The number of ether oxygens (including phenoxy) is 1. The molecule has 3 fully saturated rings. The van der Waals surface area contributed by atoms with Crippen LogP contribution in [0, 0.1) is 5.92 Å². The molecule has 3 N–H and O–H groups in total. The molecule has 6 rings (SSSR count). The number of hydrogen-bond donors (Lipinski definition) is 1. The number of nitrogens with zero attached hydrogens (tertiary/aromatic N) is 2. The molecular weight excluding hydrogens is 368 g/mol. The Kier molecular flexibility index (Phi) is 3.52. The predicted molar refractivity (Wildman–Crippen MR) is 108 cm³/mol. The summed E-state index contributed by atoms with van der Waals surface area (Å²) in [5, 5.41) is 20.8. The van der Waals surface area contributed by atoms with Crippen LogP contribution >= 0.6 is 0 Å². The van der Waals surface area contributed by atoms with E-state index in [0.717, 1.165) is 43.8 Å². The summed E-state index contributed by atoms with van der Waals surface area (Å²) in [4.78, 5) is 16.6. The van der Waals surface area contributed by atoms with Crippen LogP contribution < -0.4 is 4.74 Å². The van der Waals surface area contributed by atoms with Gasteiger partial charge in [-0.3, -0.25) is 9.69 Å². The van der Waals surface area contributed by atoms with E-state index in [9.17, 15) is 9.90 Å². The fraction of sp³-hybridized carbons (Fsp3) is 0.696. The number of hydrogen-bond acceptors (Lipinski definition) is 4. The van der Waals surface area contributed by atoms with Gasteiger partial charge in [-0.2, -0.15) is 0 Å². The summed E-state index contributed by atoms with van der Waals surface area (Å²) in [5.74, 6) is 1.87. The highest BCUT2D eigenvalue weighted by molar-refractivity contribution is 5.74. The van der Waals surface area contributed by atoms with Crippen LogP contribution in [-0.2, 0) is 16.6 Å². The predicted octanol–water partition coefficient (Wildman–Crippen LogP) is 1.54. The number of piperidine rings is 1. The van der Waals surface area contributed by atoms with E-state index in [1.807, 2.05) is 13.1 Å². The van der Waals surface area contributed by atoms with Crippen LogP contribution in [0.5, 0.6) is 11.5 Å². The van der Waals surface area contributed by atoms with Crippen LogP contribution in [0.4, 0.5) is 0 Å². The molecule has 0 aromatic heterocycles. The maximum atomic E-state index is 12.4. The Morgan fingerprint density at radius 1 is 1.34 bits per heavy atom. The summed E-state index contributed by atoms with van der Waals surface area (Å²) in [6, 6.07) is 3.96. The van der Waals surface area contributed by atoms with Crippen LogP contribution in [0.1, 0.15) is 50.2 Å². The van der Waals surface area contributed by atoms with Crippen LogP contribution in [0.15, 0.2) is 12.1 Å². The lowest BCUT2D eigenvalue weighted by Gasteiger charge is -2.64. The summed E-state index contributed by atoms with van der Waals surface area (Å²) >= 11 is 0. The molecule has 0 radical (unpaired) electrons. The average molecular weight is 400 g/mol. The third-order valence-corrected chi connectivity index (χ3v) is 8.75. The molecule has 5 aliphatic rings. The summed E-state index contributed by atoms with van der Waals surface area (Å²) in [6.45, 7) is 3.65. The van der Waals surface area contributed by atoms with Gasteiger partial charge in [-0.15, -0.1) is 0 Å². The molecule has 2 aliphatic heterocycles. The van der Waals surface area contributed by atoms with Crippen molar-refractivity contribution in [2.24, 2.45) is 5.92 Å². The Morgan fingerprint density at radius 3 is 2.86 bits per heavy atom. The molecule has 1 saturated heterocycles. The molecule has 2 unspecified atom stereocenters. The zero-order chi connectivity index (χ0) is 20.1. The lowest BCUT2D eigenvalue weighted by Crippen LogP contribution is -2.78. The molecular formula is C23H31N2O4+. The highest BCUT2D eigenvalue weighted by Gasteiger charge is 2.73. The standard InChI is InChI=1S/C23H30N2O4/c1-13(26)24(2)16-7-8-23(28)18-11-15-5-6-17(27)20-19(15)22(23,21(16)29-20)9-10-25(18)12-14-3-4-14/h5-6,14,16,18,21,27-28H,3-4,7-12H2,1-2H3/p+1/t16?,18-,21+,22?,23-/m1/s1. The molecule has 2 saturated carbocycles. The minimum Gasteiger partial charge on any atom is -0.591 e. The van der Waals surface area contributed by atoms with E-state index >= 15 is 0 Å². The molecule has 5 atom stereocenters. The second kappa shape index (κ2) is 5.67. The quantitative estimate of drug-likeness (QED) is 0.783. The van der Waals surface area contributed by atoms with E-state index in [0.29, 0.717) is 17.9 Å². The Hall–Kier alpha value is -1.79. The van der Waals surface area contributed by atoms with Gasteiger partial charge in [-0.25, -0.2) is 0 Å². The number of likely N-dealkylation sites (N-methyl/N-ethyl adjacent to an activating group) is 1. The van der Waals surface area contributed by atoms with Crippen molar-refractivity contribution in [1.29, 1.82) is 0 Å². The lowest BCUT2D eigenvalue weighted by atomic mass is 9.48. The normalized spacial score (nSPS) is 39.6. The molecule has 2 heterocycles. The van der Waals surface area contributed by atoms with Gasteiger partial charge in [-0.05, 0) is 62.6 Å². The fourth-order valence-corrected chi connectivity index (χ4v) is 7.10. The van der Waals surface area contributed by atoms with Gasteiger partial charge in [0.2, 0.25) is 11.7 Å². The second-order valence-electron chi connectivity index (χ2n) is 10.1. The molecule has 6 nitrogen and oxygen atoms in total. The molecule has 1 amide bonds. The average Bonchev–Trinajstić information content (AvgIpc) is 3.42. The number of amides is 1. The first-order valence-electron chi connectivity index (χ1n) is 11.1. The van der Waals surface area contributed by atoms with Crippen molar-refractivity contribution in [3.05, 3.63) is 23.3 Å². The number of aliphatic hydroxyl groups is 1. The van der Waals surface area contributed by atoms with Gasteiger partial charge >= 0.3 is 0 Å². The van der Waals surface area contributed by atoms with Crippen molar-refractivity contribution in [3.8, 4) is 11.5 Å². The zero-order valence-electron chi connectivity index (χ0n) is 17.3. The first kappa shape index (κ1) is 18.0. The van der Waals surface area contributed by atoms with Gasteiger partial charge in [-0.1, -0.05) is 0 Å². The third kappa shape index (κ3) is 2.12. The summed E-state index contributed by atoms with van der Waals surface area (Å²) in [7, 11) is 1.85. The third-order valence-electron chi connectivity index (χ3n) is 8.75. The maximum absolute atomic E-state index is 12.4. The van der Waals surface area contributed by atoms with Crippen molar-refractivity contribution in [2.75, 3.05) is 20.1 Å². The van der Waals surface area contributed by atoms with Gasteiger partial charge < -0.3 is 19.8 Å². The monoisotopic (exact) mass is 399 g/mol. The zero-order valence-corrected chi connectivity index (χ0v) is 17.3. The van der Waals surface area contributed by atoms with Crippen molar-refractivity contribution >= 4 is 5.91 Å². The van der Waals surface area contributed by atoms with Crippen LogP contribution in [0.2, 0.25) is 0 Å². The van der Waals surface area contributed by atoms with Gasteiger partial charge in [0.15, 0.2) is 0 Å². The molecule has 2 bridgehead atoms. The summed E-state index contributed by atoms with van der Waals surface area (Å²) < 4.78 is 6.53. The number of carbonyl (C=O) groups is 1. The van der Waals surface area contributed by atoms with Crippen LogP contribution in [0.3, 0.4) is 0 Å². The SMILES string of the molecule is CC(=O)N(C)C1CC[C@@]2(O)[C@H]3Cc4ccc([OH2+])c5c4C2(CCN3CC2CC2)[C@H]1O5. The van der Waals surface area contributed by atoms with Crippen LogP contribution in [-0.4, -0.2) is 69.8 Å². The molecule has 1 aromatic rings. The molecule has 3 aliphatic carbocycles. The van der Waals surface area contributed by atoms with Crippen LogP contribution in [0.25, 0.3) is 0 Å². The Labute approximate surface area is 171 Å². The van der Waals surface area contributed by atoms with E-state index in [4.69, 9.17) is 9.84 Å². The number of likely N-dealkylation sites (tertiary alicyclic amines) is 1. The molecule has 6 heteroatoms. The minimum atomic E-state index is -0.856. The van der Waals surface area contributed by atoms with E-state index in [1.54, 1.807) is 11.8 Å². The smallest absolute Gasteiger partial charge is 0.297 e. The van der Waals surface area contributed by atoms with E-state index in [2.05, 4.69) is 11.0 Å². The fourth-order valence-electron chi connectivity index (χ4n) is 7.10. The van der Waals surface area contributed by atoms with Crippen molar-refractivity contribution in [1.82, 2.24) is 9.80 Å². The maximum Gasteiger partial charge on any atom is 0.297 e. The van der Waals surface area contributed by atoms with E-state index in [1.165, 1.54) is 18.4 Å². The largest absolute Gasteiger partial charge is 0.591 e. The lowest BCUT2D eigenvalue weighted by molar-refractivity contribution is -0.200. The molecule has 1 spiro atoms. The highest BCUT2D eigenvalue weighted by Crippen LogP contribution is 2.65. The summed E-state index contributed by atoms with van der Waals surface area (Å²) in [5.41, 5.74) is 0.955.